The van der Waals surface area contributed by atoms with Crippen LogP contribution in [-0.2, 0) is 35.5 Å². The number of carbonyl (C=O) groups is 2. The van der Waals surface area contributed by atoms with Gasteiger partial charge in [0.2, 0.25) is 11.6 Å². The molecule has 2 atom stereocenters. The molecule has 182 valence electrons. The lowest BCUT2D eigenvalue weighted by Gasteiger charge is -2.08. The largest absolute Gasteiger partial charge is 0.326 e. The van der Waals surface area contributed by atoms with E-state index in [1.807, 2.05) is 48.5 Å². The van der Waals surface area contributed by atoms with E-state index in [9.17, 15) is 9.59 Å². The minimum absolute atomic E-state index is 0.208. The van der Waals surface area contributed by atoms with Crippen molar-refractivity contribution < 1.29 is 9.59 Å². The van der Waals surface area contributed by atoms with Gasteiger partial charge in [0, 0.05) is 25.9 Å². The molecule has 0 aromatic heterocycles. The van der Waals surface area contributed by atoms with Gasteiger partial charge in [-0.3, -0.25) is 9.59 Å². The summed E-state index contributed by atoms with van der Waals surface area (Å²) in [5.74, 6) is 10.4. The minimum atomic E-state index is -0.614. The van der Waals surface area contributed by atoms with Crippen molar-refractivity contribution in [2.75, 3.05) is 0 Å². The molecule has 0 spiro atoms. The van der Waals surface area contributed by atoms with Gasteiger partial charge < -0.3 is 22.9 Å². The van der Waals surface area contributed by atoms with Crippen LogP contribution in [0.25, 0.3) is 0 Å². The van der Waals surface area contributed by atoms with Gasteiger partial charge in [-0.2, -0.15) is 0 Å². The second kappa shape index (κ2) is 13.2. The third kappa shape index (κ3) is 8.02. The molecule has 0 aliphatic carbocycles. The second-order valence-electron chi connectivity index (χ2n) is 8.40. The maximum atomic E-state index is 12.2. The van der Waals surface area contributed by atoms with Gasteiger partial charge in [-0.1, -0.05) is 84.6 Å². The van der Waals surface area contributed by atoms with Crippen molar-refractivity contribution in [3.8, 4) is 23.7 Å². The molecule has 0 aliphatic rings. The third-order valence-electron chi connectivity index (χ3n) is 5.64. The van der Waals surface area contributed by atoms with Crippen LogP contribution in [0.1, 0.15) is 45.5 Å². The van der Waals surface area contributed by atoms with E-state index in [1.165, 1.54) is 0 Å². The first-order valence-corrected chi connectivity index (χ1v) is 11.6. The topological polar surface area (TPSA) is 138 Å². The molecule has 0 fully saturated rings. The molecule has 0 amide bonds. The Balaban J connectivity index is 1.54. The number of ketones is 2. The first-order chi connectivity index (χ1) is 17.4. The zero-order valence-electron chi connectivity index (χ0n) is 20.0. The van der Waals surface area contributed by atoms with Crippen LogP contribution < -0.4 is 22.9 Å². The highest BCUT2D eigenvalue weighted by Gasteiger charge is 2.08. The van der Waals surface area contributed by atoms with E-state index in [2.05, 4.69) is 23.7 Å². The molecule has 0 saturated carbocycles. The molecule has 3 aromatic rings. The molecule has 0 heterocycles. The summed E-state index contributed by atoms with van der Waals surface area (Å²) >= 11 is 0. The summed E-state index contributed by atoms with van der Waals surface area (Å²) in [6, 6.07) is 21.1. The fourth-order valence-corrected chi connectivity index (χ4v) is 3.44. The summed E-state index contributed by atoms with van der Waals surface area (Å²) in [5, 5.41) is 0. The average molecular weight is 479 g/mol. The average Bonchev–Trinajstić information content (AvgIpc) is 2.91. The third-order valence-corrected chi connectivity index (χ3v) is 5.64. The molecule has 0 radical (unpaired) electrons. The van der Waals surface area contributed by atoms with Crippen molar-refractivity contribution in [3.05, 3.63) is 106 Å². The SMILES string of the molecule is NCc1ccc(CC(=O)C#CC(N)c2ccc(C(N)C#CC(=O)Cc3ccc(CN)cc3)cc2)cc1. The lowest BCUT2D eigenvalue weighted by Crippen LogP contribution is -2.11. The summed E-state index contributed by atoms with van der Waals surface area (Å²) in [7, 11) is 0. The maximum Gasteiger partial charge on any atom is 0.209 e. The van der Waals surface area contributed by atoms with Gasteiger partial charge in [0.05, 0.1) is 12.1 Å². The second-order valence-corrected chi connectivity index (χ2v) is 8.40. The maximum absolute atomic E-state index is 12.2. The fraction of sp³-hybridized carbons (Fsp3) is 0.200. The molecule has 36 heavy (non-hydrogen) atoms. The van der Waals surface area contributed by atoms with Crippen LogP contribution in [0.2, 0.25) is 0 Å². The number of hydrogen-bond donors (Lipinski definition) is 4. The standard InChI is InChI=1S/C30H30N4O2/c31-19-23-5-1-21(2-6-23)17-27(35)13-15-29(33)25-9-11-26(12-10-25)30(34)16-14-28(36)18-22-3-7-24(20-32)8-4-22/h1-12,29-30H,17-20,31-34H2. The van der Waals surface area contributed by atoms with Gasteiger partial charge >= 0.3 is 0 Å². The number of carbonyl (C=O) groups excluding carboxylic acids is 2. The smallest absolute Gasteiger partial charge is 0.209 e. The zero-order chi connectivity index (χ0) is 25.9. The Morgan fingerprint density at radius 3 is 1.17 bits per heavy atom. The Hall–Kier alpha value is -4.04. The summed E-state index contributed by atoms with van der Waals surface area (Å²) in [6.45, 7) is 0.921. The van der Waals surface area contributed by atoms with Gasteiger partial charge in [-0.15, -0.1) is 0 Å². The molecular formula is C30H30N4O2. The van der Waals surface area contributed by atoms with Crippen LogP contribution in [0.5, 0.6) is 0 Å². The van der Waals surface area contributed by atoms with Crippen molar-refractivity contribution in [1.82, 2.24) is 0 Å². The van der Waals surface area contributed by atoms with Gasteiger partial charge in [-0.25, -0.2) is 0 Å². The molecule has 3 rings (SSSR count). The number of benzene rings is 3. The fourth-order valence-electron chi connectivity index (χ4n) is 3.44. The summed E-state index contributed by atoms with van der Waals surface area (Å²) in [4.78, 5) is 24.4. The Kier molecular flexibility index (Phi) is 9.71. The highest BCUT2D eigenvalue weighted by Crippen LogP contribution is 2.15. The molecule has 0 aliphatic heterocycles. The van der Waals surface area contributed by atoms with Crippen molar-refractivity contribution in [2.24, 2.45) is 22.9 Å². The Bertz CT molecular complexity index is 1200. The minimum Gasteiger partial charge on any atom is -0.326 e. The van der Waals surface area contributed by atoms with Crippen molar-refractivity contribution in [3.63, 3.8) is 0 Å². The monoisotopic (exact) mass is 478 g/mol. The van der Waals surface area contributed by atoms with E-state index >= 15 is 0 Å². The lowest BCUT2D eigenvalue weighted by atomic mass is 10.0. The van der Waals surface area contributed by atoms with Crippen LogP contribution in [0.15, 0.2) is 72.8 Å². The first-order valence-electron chi connectivity index (χ1n) is 11.6. The van der Waals surface area contributed by atoms with Gasteiger partial charge in [-0.05, 0) is 45.2 Å². The van der Waals surface area contributed by atoms with Crippen molar-refractivity contribution in [1.29, 1.82) is 0 Å². The van der Waals surface area contributed by atoms with Crippen LogP contribution in [0.4, 0.5) is 0 Å². The van der Waals surface area contributed by atoms with Gasteiger partial charge in [0.1, 0.15) is 0 Å². The van der Waals surface area contributed by atoms with Crippen LogP contribution in [0.3, 0.4) is 0 Å². The predicted octanol–water partition coefficient (Wildman–Crippen LogP) is 2.23. The first kappa shape index (κ1) is 26.6. The molecule has 3 aromatic carbocycles. The number of Topliss-reactive ketones (excluding diaryl/α,β-unsaturated/α-hetero) is 2. The zero-order valence-corrected chi connectivity index (χ0v) is 20.0. The molecule has 8 N–H and O–H groups in total. The molecule has 0 bridgehead atoms. The van der Waals surface area contributed by atoms with E-state index in [1.54, 1.807) is 24.3 Å². The highest BCUT2D eigenvalue weighted by atomic mass is 16.1. The number of hydrogen-bond acceptors (Lipinski definition) is 6. The Morgan fingerprint density at radius 2 is 0.861 bits per heavy atom. The van der Waals surface area contributed by atoms with Gasteiger partial charge in [0.15, 0.2) is 0 Å². The van der Waals surface area contributed by atoms with Gasteiger partial charge in [0.25, 0.3) is 0 Å². The quantitative estimate of drug-likeness (QED) is 0.289. The summed E-state index contributed by atoms with van der Waals surface area (Å²) in [6.07, 6.45) is 0.434. The number of nitrogens with two attached hydrogens (primary N) is 4. The molecule has 6 nitrogen and oxygen atoms in total. The summed E-state index contributed by atoms with van der Waals surface area (Å²) < 4.78 is 0. The molecular weight excluding hydrogens is 448 g/mol. The normalized spacial score (nSPS) is 11.9. The Morgan fingerprint density at radius 1 is 0.556 bits per heavy atom. The van der Waals surface area contributed by atoms with Crippen LogP contribution in [0, 0.1) is 23.7 Å². The van der Waals surface area contributed by atoms with Crippen molar-refractivity contribution >= 4 is 11.6 Å². The predicted molar refractivity (Wildman–Crippen MR) is 142 cm³/mol. The van der Waals surface area contributed by atoms with E-state index in [4.69, 9.17) is 22.9 Å². The van der Waals surface area contributed by atoms with E-state index in [0.717, 1.165) is 33.4 Å². The molecule has 0 saturated heterocycles. The Labute approximate surface area is 212 Å². The van der Waals surface area contributed by atoms with Crippen LogP contribution in [-0.4, -0.2) is 11.6 Å². The van der Waals surface area contributed by atoms with E-state index in [0.29, 0.717) is 13.1 Å². The van der Waals surface area contributed by atoms with E-state index in [-0.39, 0.29) is 24.4 Å². The van der Waals surface area contributed by atoms with Crippen molar-refractivity contribution in [2.45, 2.75) is 38.0 Å². The molecule has 2 unspecified atom stereocenters. The highest BCUT2D eigenvalue weighted by molar-refractivity contribution is 5.97. The molecule has 6 heteroatoms. The van der Waals surface area contributed by atoms with E-state index < -0.39 is 12.1 Å². The lowest BCUT2D eigenvalue weighted by molar-refractivity contribution is -0.114. The summed E-state index contributed by atoms with van der Waals surface area (Å²) in [5.41, 5.74) is 28.7. The number of rotatable bonds is 8. The van der Waals surface area contributed by atoms with Crippen LogP contribution >= 0.6 is 0 Å².